The summed E-state index contributed by atoms with van der Waals surface area (Å²) in [5.74, 6) is -0.246. The van der Waals surface area contributed by atoms with Crippen molar-refractivity contribution >= 4 is 88.7 Å². The zero-order valence-electron chi connectivity index (χ0n) is 33.2. The van der Waals surface area contributed by atoms with Crippen molar-refractivity contribution in [3.05, 3.63) is 93.7 Å². The van der Waals surface area contributed by atoms with Crippen molar-refractivity contribution < 1.29 is 38.1 Å². The lowest BCUT2D eigenvalue weighted by molar-refractivity contribution is 0.0523. The first-order valence-corrected chi connectivity index (χ1v) is 21.0. The number of carbonyl (C=O) groups is 4. The number of ether oxygens (including phenoxy) is 4. The van der Waals surface area contributed by atoms with E-state index in [-0.39, 0.29) is 37.4 Å². The number of hydrogen-bond acceptors (Lipinski definition) is 12. The van der Waals surface area contributed by atoms with Gasteiger partial charge in [0.15, 0.2) is 0 Å². The van der Waals surface area contributed by atoms with Gasteiger partial charge < -0.3 is 39.5 Å². The highest BCUT2D eigenvalue weighted by atomic mass is 32.1. The molecule has 0 atom stereocenters. The van der Waals surface area contributed by atoms with E-state index in [2.05, 4.69) is 0 Å². The Kier molecular flexibility index (Phi) is 11.0. The number of amides is 2. The van der Waals surface area contributed by atoms with E-state index >= 15 is 0 Å². The molecule has 0 unspecified atom stereocenters. The monoisotopic (exact) mass is 844 g/mol. The van der Waals surface area contributed by atoms with Crippen LogP contribution in [0.1, 0.15) is 67.8 Å². The van der Waals surface area contributed by atoms with Gasteiger partial charge in [-0.2, -0.15) is 0 Å². The minimum Gasteiger partial charge on any atom is -0.493 e. The summed E-state index contributed by atoms with van der Waals surface area (Å²) < 4.78 is 29.0. The number of aryl methyl sites for hydroxylation is 2. The summed E-state index contributed by atoms with van der Waals surface area (Å²) in [7, 11) is 0. The zero-order chi connectivity index (χ0) is 42.2. The van der Waals surface area contributed by atoms with E-state index in [1.54, 1.807) is 50.2 Å². The summed E-state index contributed by atoms with van der Waals surface area (Å²) in [4.78, 5) is 63.2. The number of fused-ring (bicyclic) bond motifs is 4. The van der Waals surface area contributed by atoms with Gasteiger partial charge in [0.25, 0.3) is 0 Å². The molecular formula is C44H40N6O8S2. The van der Waals surface area contributed by atoms with Gasteiger partial charge in [0.05, 0.1) is 59.6 Å². The fraction of sp³-hybridized carbons (Fsp3) is 0.227. The van der Waals surface area contributed by atoms with Gasteiger partial charge in [-0.3, -0.25) is 9.59 Å². The standard InChI is InChI=1S/C44H40N6O8S2/c1-5-55-29-11-9-13-31-33(29)35(37(59-31)43(53)57-7-3)41-47-25-21-23(39(45)51)15-17-27(25)49(41)19-20-50-28-18-16-24(40(46)52)22-26(28)48-42(50)36-34-30(56-6-2)12-10-14-32(34)60-38(36)44(54)58-8-4/h9-18,21-22H,5-8,19-20H2,1-4H3,(H2,45,51)(H2,46,52). The topological polar surface area (TPSA) is 193 Å². The predicted octanol–water partition coefficient (Wildman–Crippen LogP) is 8.20. The zero-order valence-corrected chi connectivity index (χ0v) is 34.8. The second kappa shape index (κ2) is 16.5. The molecule has 0 saturated carbocycles. The molecule has 4 aromatic carbocycles. The van der Waals surface area contributed by atoms with Crippen LogP contribution in [0.2, 0.25) is 0 Å². The third kappa shape index (κ3) is 6.96. The number of aromatic nitrogens is 4. The first-order valence-electron chi connectivity index (χ1n) is 19.4. The Morgan fingerprint density at radius 3 is 1.37 bits per heavy atom. The lowest BCUT2D eigenvalue weighted by Crippen LogP contribution is -2.13. The largest absolute Gasteiger partial charge is 0.493 e. The smallest absolute Gasteiger partial charge is 0.349 e. The summed E-state index contributed by atoms with van der Waals surface area (Å²) in [6.45, 7) is 8.83. The molecule has 60 heavy (non-hydrogen) atoms. The van der Waals surface area contributed by atoms with Crippen LogP contribution >= 0.6 is 22.7 Å². The highest BCUT2D eigenvalue weighted by Crippen LogP contribution is 2.46. The van der Waals surface area contributed by atoms with Gasteiger partial charge in [0.1, 0.15) is 32.9 Å². The van der Waals surface area contributed by atoms with Gasteiger partial charge in [-0.05, 0) is 88.4 Å². The van der Waals surface area contributed by atoms with Crippen molar-refractivity contribution in [3.8, 4) is 34.3 Å². The average molecular weight is 845 g/mol. The fourth-order valence-corrected chi connectivity index (χ4v) is 9.71. The molecule has 4 heterocycles. The van der Waals surface area contributed by atoms with E-state index in [1.165, 1.54) is 22.7 Å². The number of nitrogens with two attached hydrogens (primary N) is 2. The van der Waals surface area contributed by atoms with E-state index in [9.17, 15) is 19.2 Å². The normalized spacial score (nSPS) is 11.5. The summed E-state index contributed by atoms with van der Waals surface area (Å²) in [6, 6.07) is 21.4. The lowest BCUT2D eigenvalue weighted by Gasteiger charge is -2.15. The molecule has 306 valence electrons. The SMILES string of the molecule is CCOC(=O)c1sc2cccc(OCC)c2c1-c1nc2cc(C(N)=O)ccc2n1CCn1c(-c2c(C(=O)OCC)sc3cccc(OCC)c23)nc2cc(C(N)=O)ccc21. The molecule has 8 rings (SSSR count). The fourth-order valence-electron chi connectivity index (χ4n) is 7.49. The number of primary amides is 2. The van der Waals surface area contributed by atoms with Crippen molar-refractivity contribution in [3.63, 3.8) is 0 Å². The highest BCUT2D eigenvalue weighted by molar-refractivity contribution is 7.22. The Hall–Kier alpha value is -6.78. The Morgan fingerprint density at radius 1 is 0.583 bits per heavy atom. The maximum absolute atomic E-state index is 13.8. The first-order chi connectivity index (χ1) is 29.1. The number of carbonyl (C=O) groups excluding carboxylic acids is 4. The molecule has 0 aliphatic heterocycles. The molecule has 0 fully saturated rings. The summed E-state index contributed by atoms with van der Waals surface area (Å²) in [5, 5.41) is 1.39. The second-order valence-electron chi connectivity index (χ2n) is 13.5. The highest BCUT2D eigenvalue weighted by Gasteiger charge is 2.30. The molecule has 4 N–H and O–H groups in total. The van der Waals surface area contributed by atoms with Crippen LogP contribution in [0.4, 0.5) is 0 Å². The average Bonchev–Trinajstić information content (AvgIpc) is 4.00. The van der Waals surface area contributed by atoms with Crippen LogP contribution in [0.25, 0.3) is 65.0 Å². The molecule has 8 aromatic rings. The Morgan fingerprint density at radius 2 is 1.00 bits per heavy atom. The van der Waals surface area contributed by atoms with Crippen molar-refractivity contribution in [1.29, 1.82) is 0 Å². The summed E-state index contributed by atoms with van der Waals surface area (Å²) in [6.07, 6.45) is 0. The molecule has 2 amide bonds. The molecule has 16 heteroatoms. The molecule has 0 aliphatic rings. The summed E-state index contributed by atoms with van der Waals surface area (Å²) in [5.41, 5.74) is 15.3. The molecule has 0 radical (unpaired) electrons. The van der Waals surface area contributed by atoms with Crippen LogP contribution in [-0.2, 0) is 22.6 Å². The van der Waals surface area contributed by atoms with Crippen LogP contribution in [0, 0.1) is 0 Å². The second-order valence-corrected chi connectivity index (χ2v) is 15.6. The Labute approximate surface area is 351 Å². The molecule has 4 aromatic heterocycles. The lowest BCUT2D eigenvalue weighted by atomic mass is 10.1. The van der Waals surface area contributed by atoms with Crippen LogP contribution in [0.5, 0.6) is 11.5 Å². The Balaban J connectivity index is 1.40. The maximum Gasteiger partial charge on any atom is 0.349 e. The third-order valence-corrected chi connectivity index (χ3v) is 12.2. The summed E-state index contributed by atoms with van der Waals surface area (Å²) >= 11 is 2.56. The molecule has 0 spiro atoms. The number of thiophene rings is 2. The molecule has 14 nitrogen and oxygen atoms in total. The van der Waals surface area contributed by atoms with Crippen molar-refractivity contribution in [1.82, 2.24) is 19.1 Å². The van der Waals surface area contributed by atoms with Crippen LogP contribution < -0.4 is 20.9 Å². The first kappa shape index (κ1) is 40.0. The number of imidazole rings is 2. The number of esters is 2. The van der Waals surface area contributed by atoms with Crippen LogP contribution in [-0.4, -0.2) is 69.3 Å². The minimum absolute atomic E-state index is 0.160. The Bertz CT molecular complexity index is 2810. The third-order valence-electron chi connectivity index (χ3n) is 9.94. The van der Waals surface area contributed by atoms with E-state index in [0.717, 1.165) is 9.40 Å². The van der Waals surface area contributed by atoms with Gasteiger partial charge in [0.2, 0.25) is 11.8 Å². The van der Waals surface area contributed by atoms with Gasteiger partial charge in [-0.15, -0.1) is 22.7 Å². The van der Waals surface area contributed by atoms with E-state index in [4.69, 9.17) is 40.4 Å². The van der Waals surface area contributed by atoms with Crippen molar-refractivity contribution in [2.24, 2.45) is 11.5 Å². The number of rotatable bonds is 15. The predicted molar refractivity (Wildman–Crippen MR) is 232 cm³/mol. The van der Waals surface area contributed by atoms with Crippen molar-refractivity contribution in [2.45, 2.75) is 40.8 Å². The number of hydrogen-bond donors (Lipinski definition) is 2. The van der Waals surface area contributed by atoms with Crippen LogP contribution in [0.3, 0.4) is 0 Å². The molecule has 0 aliphatic carbocycles. The quantitative estimate of drug-likeness (QED) is 0.0951. The number of nitrogens with zero attached hydrogens (tertiary/aromatic N) is 4. The molecule has 0 bridgehead atoms. The van der Waals surface area contributed by atoms with E-state index < -0.39 is 23.8 Å². The molecule has 0 saturated heterocycles. The number of benzene rings is 4. The van der Waals surface area contributed by atoms with E-state index in [1.807, 2.05) is 59.4 Å². The van der Waals surface area contributed by atoms with Gasteiger partial charge in [-0.1, -0.05) is 12.1 Å². The van der Waals surface area contributed by atoms with Crippen LogP contribution in [0.15, 0.2) is 72.8 Å². The van der Waals surface area contributed by atoms with Gasteiger partial charge in [0, 0.05) is 44.4 Å². The van der Waals surface area contributed by atoms with Gasteiger partial charge >= 0.3 is 11.9 Å². The van der Waals surface area contributed by atoms with Crippen molar-refractivity contribution in [2.75, 3.05) is 26.4 Å². The minimum atomic E-state index is -0.614. The van der Waals surface area contributed by atoms with Gasteiger partial charge in [-0.25, -0.2) is 19.6 Å². The maximum atomic E-state index is 13.8. The van der Waals surface area contributed by atoms with E-state index in [0.29, 0.717) is 90.1 Å². The molecular weight excluding hydrogens is 805 g/mol.